The van der Waals surface area contributed by atoms with E-state index in [2.05, 4.69) is 42.1 Å². The highest BCUT2D eigenvalue weighted by atomic mass is 13.6. The zero-order chi connectivity index (χ0) is 9.78. The topological polar surface area (TPSA) is 0 Å². The van der Waals surface area contributed by atoms with Crippen LogP contribution in [0.25, 0.3) is 0 Å². The average Bonchev–Trinajstić information content (AvgIpc) is 2.16. The fourth-order valence-corrected chi connectivity index (χ4v) is 0.449. The lowest BCUT2D eigenvalue weighted by Crippen LogP contribution is -1.53. The molecule has 0 unspecified atom stereocenters. The third-order valence-corrected chi connectivity index (χ3v) is 0.923. The zero-order valence-corrected chi connectivity index (χ0v) is 7.59. The maximum Gasteiger partial charge on any atom is -0.000709 e. The highest BCUT2D eigenvalue weighted by Gasteiger charge is 1.58. The van der Waals surface area contributed by atoms with Crippen molar-refractivity contribution in [2.75, 3.05) is 0 Å². The van der Waals surface area contributed by atoms with Crippen LogP contribution in [-0.4, -0.2) is 0 Å². The van der Waals surface area contributed by atoms with Gasteiger partial charge in [-0.3, -0.25) is 0 Å². The lowest BCUT2D eigenvalue weighted by atomic mass is 10.4. The van der Waals surface area contributed by atoms with E-state index in [1.165, 1.54) is 0 Å². The normalized spacial score (nSPS) is 7.77. The van der Waals surface area contributed by atoms with Crippen LogP contribution < -0.4 is 0 Å². The molecule has 0 amide bonds. The summed E-state index contributed by atoms with van der Waals surface area (Å²) in [5.74, 6) is 15.8. The number of rotatable bonds is 2. The minimum atomic E-state index is 1.70. The van der Waals surface area contributed by atoms with Gasteiger partial charge in [-0.15, -0.1) is 0 Å². The highest BCUT2D eigenvalue weighted by molar-refractivity contribution is 5.37. The first-order valence-corrected chi connectivity index (χ1v) is 3.78. The van der Waals surface area contributed by atoms with Crippen LogP contribution in [0, 0.1) is 35.5 Å². The van der Waals surface area contributed by atoms with Crippen molar-refractivity contribution < 1.29 is 0 Å². The summed E-state index contributed by atoms with van der Waals surface area (Å²) in [6.45, 7) is 5.27. The Morgan fingerprint density at radius 1 is 0.923 bits per heavy atom. The monoisotopic (exact) mass is 166 g/mol. The zero-order valence-electron chi connectivity index (χ0n) is 7.59. The quantitative estimate of drug-likeness (QED) is 0.436. The average molecular weight is 166 g/mol. The Morgan fingerprint density at radius 2 is 1.69 bits per heavy atom. The summed E-state index contributed by atoms with van der Waals surface area (Å²) < 4.78 is 0. The molecular weight excluding hydrogens is 156 g/mol. The minimum Gasteiger partial charge on any atom is -0.0991 e. The summed E-state index contributed by atoms with van der Waals surface area (Å²) >= 11 is 0. The second-order valence-electron chi connectivity index (χ2n) is 1.87. The highest BCUT2D eigenvalue weighted by Crippen LogP contribution is 1.75. The Kier molecular flexibility index (Phi) is 8.30. The molecule has 0 aromatic heterocycles. The van der Waals surface area contributed by atoms with E-state index in [1.807, 2.05) is 18.2 Å². The Hall–Kier alpha value is -2.10. The molecular formula is C13H10. The van der Waals surface area contributed by atoms with Crippen LogP contribution in [0.1, 0.15) is 6.92 Å². The van der Waals surface area contributed by atoms with E-state index >= 15 is 0 Å². The fraction of sp³-hybridized carbons (Fsp3) is 0.0769. The van der Waals surface area contributed by atoms with Gasteiger partial charge in [0.1, 0.15) is 0 Å². The Labute approximate surface area is 80.0 Å². The molecule has 0 saturated heterocycles. The van der Waals surface area contributed by atoms with Gasteiger partial charge < -0.3 is 0 Å². The molecule has 13 heavy (non-hydrogen) atoms. The molecule has 0 bridgehead atoms. The minimum absolute atomic E-state index is 1.70. The van der Waals surface area contributed by atoms with E-state index < -0.39 is 0 Å². The van der Waals surface area contributed by atoms with Crippen LogP contribution in [0.2, 0.25) is 0 Å². The molecule has 0 spiro atoms. The van der Waals surface area contributed by atoms with Crippen molar-refractivity contribution in [3.05, 3.63) is 37.0 Å². The third-order valence-electron chi connectivity index (χ3n) is 0.923. The maximum absolute atomic E-state index is 3.53. The van der Waals surface area contributed by atoms with Gasteiger partial charge in [-0.25, -0.2) is 0 Å². The van der Waals surface area contributed by atoms with Crippen molar-refractivity contribution in [1.29, 1.82) is 0 Å². The summed E-state index contributed by atoms with van der Waals surface area (Å²) in [6, 6.07) is 0. The molecule has 0 N–H and O–H groups in total. The van der Waals surface area contributed by atoms with E-state index in [4.69, 9.17) is 0 Å². The predicted octanol–water partition coefficient (Wildman–Crippen LogP) is 2.31. The van der Waals surface area contributed by atoms with Crippen LogP contribution in [0.4, 0.5) is 0 Å². The Balaban J connectivity index is 3.92. The molecule has 0 saturated carbocycles. The molecule has 62 valence electrons. The number of allylic oxidation sites excluding steroid dienone is 5. The molecule has 0 fully saturated rings. The summed E-state index contributed by atoms with van der Waals surface area (Å²) in [4.78, 5) is 0. The van der Waals surface area contributed by atoms with Crippen molar-refractivity contribution in [3.8, 4) is 35.5 Å². The van der Waals surface area contributed by atoms with Crippen LogP contribution in [0.3, 0.4) is 0 Å². The van der Waals surface area contributed by atoms with E-state index in [0.29, 0.717) is 0 Å². The number of hydrogen-bond donors (Lipinski definition) is 0. The molecule has 0 aromatic rings. The molecule has 0 heterocycles. The van der Waals surface area contributed by atoms with Gasteiger partial charge in [0.05, 0.1) is 0 Å². The van der Waals surface area contributed by atoms with Crippen molar-refractivity contribution in [2.24, 2.45) is 0 Å². The second-order valence-corrected chi connectivity index (χ2v) is 1.87. The molecule has 0 heteroatoms. The lowest BCUT2D eigenvalue weighted by Gasteiger charge is -1.66. The summed E-state index contributed by atoms with van der Waals surface area (Å²) in [5, 5.41) is 0. The summed E-state index contributed by atoms with van der Waals surface area (Å²) in [5.41, 5.74) is 0. The molecule has 0 rings (SSSR count). The molecule has 0 atom stereocenters. The lowest BCUT2D eigenvalue weighted by molar-refractivity contribution is 1.92. The van der Waals surface area contributed by atoms with Crippen LogP contribution in [-0.2, 0) is 0 Å². The SMILES string of the molecule is C=C/C=C/C=C\C#CC#CC#CC. The van der Waals surface area contributed by atoms with Gasteiger partial charge in [-0.2, -0.15) is 0 Å². The maximum atomic E-state index is 3.53. The predicted molar refractivity (Wildman–Crippen MR) is 57.5 cm³/mol. The van der Waals surface area contributed by atoms with Gasteiger partial charge in [0, 0.05) is 0 Å². The largest absolute Gasteiger partial charge is 0.0991 e. The van der Waals surface area contributed by atoms with Crippen LogP contribution in [0.5, 0.6) is 0 Å². The molecule has 0 radical (unpaired) electrons. The van der Waals surface area contributed by atoms with Crippen molar-refractivity contribution in [1.82, 2.24) is 0 Å². The third kappa shape index (κ3) is 9.90. The first kappa shape index (κ1) is 10.9. The van der Waals surface area contributed by atoms with E-state index in [1.54, 1.807) is 19.1 Å². The van der Waals surface area contributed by atoms with E-state index in [9.17, 15) is 0 Å². The van der Waals surface area contributed by atoms with Gasteiger partial charge in [0.25, 0.3) is 0 Å². The first-order chi connectivity index (χ1) is 6.41. The van der Waals surface area contributed by atoms with Gasteiger partial charge >= 0.3 is 0 Å². The van der Waals surface area contributed by atoms with Crippen molar-refractivity contribution in [2.45, 2.75) is 6.92 Å². The molecule has 0 aliphatic rings. The standard InChI is InChI=1S/C13H10/c1-3-5-7-9-11-13-12-10-8-6-4-2/h3,5,7,9,11H,1H2,2H3/b7-5+,11-9-. The van der Waals surface area contributed by atoms with Gasteiger partial charge in [-0.05, 0) is 36.7 Å². The first-order valence-electron chi connectivity index (χ1n) is 3.78. The molecule has 0 aliphatic heterocycles. The molecule has 0 nitrogen and oxygen atoms in total. The van der Waals surface area contributed by atoms with Crippen LogP contribution in [0.15, 0.2) is 37.0 Å². The summed E-state index contributed by atoms with van der Waals surface area (Å²) in [7, 11) is 0. The van der Waals surface area contributed by atoms with Crippen molar-refractivity contribution >= 4 is 0 Å². The van der Waals surface area contributed by atoms with Crippen LogP contribution >= 0.6 is 0 Å². The van der Waals surface area contributed by atoms with Crippen molar-refractivity contribution in [3.63, 3.8) is 0 Å². The molecule has 0 aliphatic carbocycles. The second kappa shape index (κ2) is 9.90. The van der Waals surface area contributed by atoms with Gasteiger partial charge in [-0.1, -0.05) is 42.7 Å². The fourth-order valence-electron chi connectivity index (χ4n) is 0.449. The van der Waals surface area contributed by atoms with Gasteiger partial charge in [0.2, 0.25) is 0 Å². The van der Waals surface area contributed by atoms with E-state index in [0.717, 1.165) is 0 Å². The van der Waals surface area contributed by atoms with Gasteiger partial charge in [0.15, 0.2) is 0 Å². The Morgan fingerprint density at radius 3 is 2.38 bits per heavy atom. The molecule has 0 aromatic carbocycles. The van der Waals surface area contributed by atoms with E-state index in [-0.39, 0.29) is 0 Å². The smallest absolute Gasteiger partial charge is 0.000709 e. The summed E-state index contributed by atoms with van der Waals surface area (Å²) in [6.07, 6.45) is 8.91. The number of hydrogen-bond acceptors (Lipinski definition) is 0. The Bertz CT molecular complexity index is 373.